The molecule has 1 fully saturated rings. The summed E-state index contributed by atoms with van der Waals surface area (Å²) in [5.74, 6) is 0.926. The summed E-state index contributed by atoms with van der Waals surface area (Å²) in [5.41, 5.74) is 0.877. The molecule has 1 aromatic carbocycles. The summed E-state index contributed by atoms with van der Waals surface area (Å²) in [6, 6.07) is 7.77. The van der Waals surface area contributed by atoms with Crippen LogP contribution in [0.5, 0.6) is 5.75 Å². The summed E-state index contributed by atoms with van der Waals surface area (Å²) in [4.78, 5) is 15.5. The molecule has 1 saturated heterocycles. The minimum atomic E-state index is 0.127. The first-order valence-corrected chi connectivity index (χ1v) is 8.06. The fourth-order valence-electron chi connectivity index (χ4n) is 2.48. The topological polar surface area (TPSA) is 44.8 Å². The van der Waals surface area contributed by atoms with E-state index >= 15 is 0 Å². The Balaban J connectivity index is 1.99. The summed E-state index contributed by atoms with van der Waals surface area (Å²) in [7, 11) is 0. The molecule has 1 aliphatic heterocycles. The Bertz CT molecular complexity index is 536. The number of para-hydroxylation sites is 2. The van der Waals surface area contributed by atoms with Crippen LogP contribution in [0.25, 0.3) is 0 Å². The molecule has 0 bridgehead atoms. The van der Waals surface area contributed by atoms with Gasteiger partial charge >= 0.3 is 0 Å². The normalized spacial score (nSPS) is 15.2. The van der Waals surface area contributed by atoms with Crippen molar-refractivity contribution in [2.24, 2.45) is 0 Å². The number of amides is 1. The number of ether oxygens (including phenoxy) is 1. The molecule has 5 nitrogen and oxygen atoms in total. The van der Waals surface area contributed by atoms with Gasteiger partial charge in [0.25, 0.3) is 0 Å². The molecule has 1 aromatic rings. The number of rotatable bonds is 3. The second-order valence-electron chi connectivity index (χ2n) is 5.21. The Labute approximate surface area is 137 Å². The number of anilines is 1. The van der Waals surface area contributed by atoms with Gasteiger partial charge in [0, 0.05) is 33.1 Å². The highest BCUT2D eigenvalue weighted by atomic mass is 32.1. The number of hydrogen-bond acceptors (Lipinski definition) is 3. The maximum Gasteiger partial charge on any atom is 0.219 e. The van der Waals surface area contributed by atoms with Crippen molar-refractivity contribution < 1.29 is 9.53 Å². The molecule has 0 aliphatic carbocycles. The van der Waals surface area contributed by atoms with Crippen molar-refractivity contribution in [3.8, 4) is 5.75 Å². The van der Waals surface area contributed by atoms with Crippen LogP contribution in [0.3, 0.4) is 0 Å². The second kappa shape index (κ2) is 7.98. The quantitative estimate of drug-likeness (QED) is 0.866. The number of carbonyl (C=O) groups excluding carboxylic acids is 1. The molecule has 0 saturated carbocycles. The van der Waals surface area contributed by atoms with E-state index in [0.717, 1.165) is 37.5 Å². The van der Waals surface area contributed by atoms with Crippen molar-refractivity contribution in [1.29, 1.82) is 0 Å². The average molecular weight is 321 g/mol. The summed E-state index contributed by atoms with van der Waals surface area (Å²) in [5, 5.41) is 3.94. The van der Waals surface area contributed by atoms with Crippen LogP contribution in [0.2, 0.25) is 0 Å². The van der Waals surface area contributed by atoms with Crippen molar-refractivity contribution >= 4 is 28.9 Å². The Morgan fingerprint density at radius 1 is 1.23 bits per heavy atom. The molecular formula is C16H23N3O2S. The van der Waals surface area contributed by atoms with E-state index in [2.05, 4.69) is 10.2 Å². The minimum absolute atomic E-state index is 0.127. The fraction of sp³-hybridized carbons (Fsp3) is 0.500. The number of benzene rings is 1. The van der Waals surface area contributed by atoms with E-state index in [4.69, 9.17) is 17.0 Å². The Morgan fingerprint density at radius 2 is 1.91 bits per heavy atom. The largest absolute Gasteiger partial charge is 0.492 e. The molecule has 0 atom stereocenters. The molecule has 1 N–H and O–H groups in total. The van der Waals surface area contributed by atoms with Gasteiger partial charge in [-0.05, 0) is 37.7 Å². The first-order valence-electron chi connectivity index (χ1n) is 7.65. The standard InChI is InChI=1S/C16H23N3O2S/c1-3-21-15-8-5-4-7-14(15)17-16(22)19-10-6-9-18(11-12-19)13(2)20/h4-5,7-8H,3,6,9-12H2,1-2H3,(H,17,22). The lowest BCUT2D eigenvalue weighted by Crippen LogP contribution is -2.38. The predicted molar refractivity (Wildman–Crippen MR) is 92.3 cm³/mol. The van der Waals surface area contributed by atoms with Gasteiger partial charge in [0.2, 0.25) is 5.91 Å². The highest BCUT2D eigenvalue weighted by Crippen LogP contribution is 2.24. The van der Waals surface area contributed by atoms with Crippen molar-refractivity contribution in [2.75, 3.05) is 38.1 Å². The van der Waals surface area contributed by atoms with Gasteiger partial charge in [-0.1, -0.05) is 12.1 Å². The Hall–Kier alpha value is -1.82. The SMILES string of the molecule is CCOc1ccccc1NC(=S)N1CCCN(C(C)=O)CC1. The third-order valence-electron chi connectivity index (χ3n) is 3.66. The van der Waals surface area contributed by atoms with Crippen molar-refractivity contribution in [1.82, 2.24) is 9.80 Å². The van der Waals surface area contributed by atoms with E-state index in [-0.39, 0.29) is 5.91 Å². The number of hydrogen-bond donors (Lipinski definition) is 1. The number of nitrogens with one attached hydrogen (secondary N) is 1. The lowest BCUT2D eigenvalue weighted by Gasteiger charge is -2.25. The van der Waals surface area contributed by atoms with Gasteiger partial charge in [0.1, 0.15) is 5.75 Å². The number of thiocarbonyl (C=S) groups is 1. The molecule has 120 valence electrons. The molecule has 1 aliphatic rings. The van der Waals surface area contributed by atoms with E-state index in [0.29, 0.717) is 18.3 Å². The predicted octanol–water partition coefficient (Wildman–Crippen LogP) is 2.34. The van der Waals surface area contributed by atoms with Crippen LogP contribution < -0.4 is 10.1 Å². The fourth-order valence-corrected chi connectivity index (χ4v) is 2.77. The van der Waals surface area contributed by atoms with Gasteiger partial charge in [-0.15, -0.1) is 0 Å². The van der Waals surface area contributed by atoms with Gasteiger partial charge in [-0.3, -0.25) is 4.79 Å². The Kier molecular flexibility index (Phi) is 6.00. The van der Waals surface area contributed by atoms with E-state index in [1.165, 1.54) is 0 Å². The van der Waals surface area contributed by atoms with Gasteiger partial charge in [0.05, 0.1) is 12.3 Å². The highest BCUT2D eigenvalue weighted by molar-refractivity contribution is 7.80. The summed E-state index contributed by atoms with van der Waals surface area (Å²) in [6.45, 7) is 7.30. The van der Waals surface area contributed by atoms with Gasteiger partial charge in [0.15, 0.2) is 5.11 Å². The zero-order valence-electron chi connectivity index (χ0n) is 13.2. The smallest absolute Gasteiger partial charge is 0.219 e. The van der Waals surface area contributed by atoms with Gasteiger partial charge in [-0.25, -0.2) is 0 Å². The summed E-state index contributed by atoms with van der Waals surface area (Å²) >= 11 is 5.52. The molecule has 22 heavy (non-hydrogen) atoms. The van der Waals surface area contributed by atoms with Crippen LogP contribution in [0.15, 0.2) is 24.3 Å². The highest BCUT2D eigenvalue weighted by Gasteiger charge is 2.18. The monoisotopic (exact) mass is 321 g/mol. The molecule has 0 radical (unpaired) electrons. The zero-order valence-corrected chi connectivity index (χ0v) is 14.0. The summed E-state index contributed by atoms with van der Waals surface area (Å²) in [6.07, 6.45) is 0.925. The maximum atomic E-state index is 11.5. The van der Waals surface area contributed by atoms with Gasteiger partial charge < -0.3 is 19.9 Å². The van der Waals surface area contributed by atoms with Crippen LogP contribution in [-0.4, -0.2) is 53.6 Å². The van der Waals surface area contributed by atoms with E-state index < -0.39 is 0 Å². The third kappa shape index (κ3) is 4.34. The Morgan fingerprint density at radius 3 is 2.64 bits per heavy atom. The van der Waals surface area contributed by atoms with Crippen LogP contribution in [0, 0.1) is 0 Å². The number of carbonyl (C=O) groups is 1. The van der Waals surface area contributed by atoms with Crippen molar-refractivity contribution in [3.63, 3.8) is 0 Å². The van der Waals surface area contributed by atoms with Crippen LogP contribution in [0.1, 0.15) is 20.3 Å². The second-order valence-corrected chi connectivity index (χ2v) is 5.59. The minimum Gasteiger partial charge on any atom is -0.492 e. The summed E-state index contributed by atoms with van der Waals surface area (Å²) < 4.78 is 5.60. The number of nitrogens with zero attached hydrogens (tertiary/aromatic N) is 2. The van der Waals surface area contributed by atoms with Crippen molar-refractivity contribution in [2.45, 2.75) is 20.3 Å². The third-order valence-corrected chi connectivity index (χ3v) is 4.02. The van der Waals surface area contributed by atoms with E-state index in [9.17, 15) is 4.79 Å². The van der Waals surface area contributed by atoms with Gasteiger partial charge in [-0.2, -0.15) is 0 Å². The zero-order chi connectivity index (χ0) is 15.9. The van der Waals surface area contributed by atoms with Crippen LogP contribution >= 0.6 is 12.2 Å². The molecule has 0 aromatic heterocycles. The van der Waals surface area contributed by atoms with E-state index in [1.54, 1.807) is 6.92 Å². The lowest BCUT2D eigenvalue weighted by molar-refractivity contribution is -0.128. The first-order chi connectivity index (χ1) is 10.6. The lowest BCUT2D eigenvalue weighted by atomic mass is 10.3. The molecule has 1 heterocycles. The van der Waals surface area contributed by atoms with E-state index in [1.807, 2.05) is 36.1 Å². The molecule has 2 rings (SSSR count). The molecular weight excluding hydrogens is 298 g/mol. The first kappa shape index (κ1) is 16.5. The van der Waals surface area contributed by atoms with Crippen LogP contribution in [0.4, 0.5) is 5.69 Å². The maximum absolute atomic E-state index is 11.5. The van der Waals surface area contributed by atoms with Crippen molar-refractivity contribution in [3.05, 3.63) is 24.3 Å². The molecule has 6 heteroatoms. The molecule has 1 amide bonds. The van der Waals surface area contributed by atoms with Crippen LogP contribution in [-0.2, 0) is 4.79 Å². The molecule has 0 unspecified atom stereocenters. The molecule has 0 spiro atoms. The average Bonchev–Trinajstić information content (AvgIpc) is 2.75.